The monoisotopic (exact) mass is 222 g/mol. The quantitative estimate of drug-likeness (QED) is 0.760. The Morgan fingerprint density at radius 3 is 3.00 bits per heavy atom. The van der Waals surface area contributed by atoms with Gasteiger partial charge in [0.1, 0.15) is 6.54 Å². The predicted molar refractivity (Wildman–Crippen MR) is 58.4 cm³/mol. The SMILES string of the molecule is CN1CCc2ccn(CC(=O)O)c(=O)c2C1. The number of aromatic nitrogens is 1. The smallest absolute Gasteiger partial charge is 0.323 e. The summed E-state index contributed by atoms with van der Waals surface area (Å²) in [7, 11) is 1.96. The maximum absolute atomic E-state index is 12.0. The van der Waals surface area contributed by atoms with E-state index in [0.717, 1.165) is 24.1 Å². The molecule has 0 fully saturated rings. The number of nitrogens with zero attached hydrogens (tertiary/aromatic N) is 2. The molecule has 1 aliphatic heterocycles. The lowest BCUT2D eigenvalue weighted by molar-refractivity contribution is -0.137. The molecule has 16 heavy (non-hydrogen) atoms. The molecule has 0 spiro atoms. The normalized spacial score (nSPS) is 15.8. The number of rotatable bonds is 2. The summed E-state index contributed by atoms with van der Waals surface area (Å²) in [5, 5.41) is 8.68. The number of likely N-dealkylation sites (N-methyl/N-ethyl adjacent to an activating group) is 1. The average Bonchev–Trinajstić information content (AvgIpc) is 2.22. The molecule has 0 saturated heterocycles. The van der Waals surface area contributed by atoms with Gasteiger partial charge in [-0.2, -0.15) is 0 Å². The van der Waals surface area contributed by atoms with E-state index in [0.29, 0.717) is 6.54 Å². The fourth-order valence-corrected chi connectivity index (χ4v) is 1.99. The topological polar surface area (TPSA) is 62.5 Å². The molecule has 5 nitrogen and oxygen atoms in total. The Morgan fingerprint density at radius 1 is 1.56 bits per heavy atom. The second-order valence-corrected chi connectivity index (χ2v) is 4.13. The molecule has 0 aliphatic carbocycles. The number of carboxylic acid groups (broad SMARTS) is 1. The van der Waals surface area contributed by atoms with E-state index < -0.39 is 5.97 Å². The van der Waals surface area contributed by atoms with Gasteiger partial charge in [-0.05, 0) is 25.1 Å². The van der Waals surface area contributed by atoms with Crippen molar-refractivity contribution in [1.29, 1.82) is 0 Å². The first-order valence-corrected chi connectivity index (χ1v) is 5.19. The number of carboxylic acids is 1. The van der Waals surface area contributed by atoms with Crippen molar-refractivity contribution in [2.45, 2.75) is 19.5 Å². The fourth-order valence-electron chi connectivity index (χ4n) is 1.99. The van der Waals surface area contributed by atoms with Crippen molar-refractivity contribution in [3.63, 3.8) is 0 Å². The van der Waals surface area contributed by atoms with Crippen molar-refractivity contribution in [2.75, 3.05) is 13.6 Å². The molecule has 1 aromatic heterocycles. The molecule has 0 radical (unpaired) electrons. The summed E-state index contributed by atoms with van der Waals surface area (Å²) >= 11 is 0. The summed E-state index contributed by atoms with van der Waals surface area (Å²) in [6.07, 6.45) is 2.43. The van der Waals surface area contributed by atoms with E-state index in [2.05, 4.69) is 4.90 Å². The molecular weight excluding hydrogens is 208 g/mol. The van der Waals surface area contributed by atoms with E-state index >= 15 is 0 Å². The van der Waals surface area contributed by atoms with Crippen LogP contribution in [0.1, 0.15) is 11.1 Å². The van der Waals surface area contributed by atoms with E-state index in [-0.39, 0.29) is 12.1 Å². The van der Waals surface area contributed by atoms with Crippen molar-refractivity contribution in [3.8, 4) is 0 Å². The third-order valence-electron chi connectivity index (χ3n) is 2.86. The molecule has 0 aromatic carbocycles. The second kappa shape index (κ2) is 4.09. The largest absolute Gasteiger partial charge is 0.480 e. The van der Waals surface area contributed by atoms with E-state index in [1.807, 2.05) is 13.1 Å². The van der Waals surface area contributed by atoms with Crippen molar-refractivity contribution in [1.82, 2.24) is 9.47 Å². The van der Waals surface area contributed by atoms with Crippen LogP contribution in [0.3, 0.4) is 0 Å². The van der Waals surface area contributed by atoms with Crippen molar-refractivity contribution >= 4 is 5.97 Å². The van der Waals surface area contributed by atoms with Crippen LogP contribution in [0.4, 0.5) is 0 Å². The molecule has 2 heterocycles. The Labute approximate surface area is 92.9 Å². The van der Waals surface area contributed by atoms with E-state index in [1.54, 1.807) is 6.20 Å². The molecule has 0 unspecified atom stereocenters. The van der Waals surface area contributed by atoms with Gasteiger partial charge in [-0.1, -0.05) is 0 Å². The number of hydrogen-bond donors (Lipinski definition) is 1. The zero-order valence-corrected chi connectivity index (χ0v) is 9.14. The number of aliphatic carboxylic acids is 1. The average molecular weight is 222 g/mol. The number of fused-ring (bicyclic) bond motifs is 1. The van der Waals surface area contributed by atoms with Crippen LogP contribution in [-0.2, 0) is 24.3 Å². The molecule has 1 aromatic rings. The Bertz CT molecular complexity index is 479. The highest BCUT2D eigenvalue weighted by Crippen LogP contribution is 2.13. The van der Waals surface area contributed by atoms with Gasteiger partial charge in [0, 0.05) is 24.8 Å². The van der Waals surface area contributed by atoms with Crippen LogP contribution in [0, 0.1) is 0 Å². The zero-order valence-electron chi connectivity index (χ0n) is 9.14. The maximum Gasteiger partial charge on any atom is 0.323 e. The standard InChI is InChI=1S/C11H14N2O3/c1-12-4-2-8-3-5-13(7-10(14)15)11(16)9(8)6-12/h3,5H,2,4,6-7H2,1H3,(H,14,15). The number of hydrogen-bond acceptors (Lipinski definition) is 3. The zero-order chi connectivity index (χ0) is 11.7. The molecule has 1 aliphatic rings. The van der Waals surface area contributed by atoms with Gasteiger partial charge in [-0.15, -0.1) is 0 Å². The van der Waals surface area contributed by atoms with Crippen molar-refractivity contribution in [3.05, 3.63) is 33.7 Å². The Balaban J connectivity index is 2.42. The van der Waals surface area contributed by atoms with Crippen LogP contribution in [0.2, 0.25) is 0 Å². The third-order valence-corrected chi connectivity index (χ3v) is 2.86. The highest BCUT2D eigenvalue weighted by molar-refractivity contribution is 5.66. The summed E-state index contributed by atoms with van der Waals surface area (Å²) in [5.41, 5.74) is 1.61. The summed E-state index contributed by atoms with van der Waals surface area (Å²) in [6, 6.07) is 1.85. The van der Waals surface area contributed by atoms with E-state index in [1.165, 1.54) is 4.57 Å². The maximum atomic E-state index is 12.0. The van der Waals surface area contributed by atoms with Gasteiger partial charge in [0.25, 0.3) is 5.56 Å². The molecule has 1 N–H and O–H groups in total. The molecule has 86 valence electrons. The number of pyridine rings is 1. The van der Waals surface area contributed by atoms with Gasteiger partial charge in [-0.3, -0.25) is 9.59 Å². The summed E-state index contributed by atoms with van der Waals surface area (Å²) < 4.78 is 1.25. The molecular formula is C11H14N2O3. The van der Waals surface area contributed by atoms with Crippen molar-refractivity contribution < 1.29 is 9.90 Å². The Hall–Kier alpha value is -1.62. The Kier molecular flexibility index (Phi) is 2.78. The van der Waals surface area contributed by atoms with Gasteiger partial charge in [-0.25, -0.2) is 0 Å². The fraction of sp³-hybridized carbons (Fsp3) is 0.455. The van der Waals surface area contributed by atoms with Crippen LogP contribution in [0.5, 0.6) is 0 Å². The third kappa shape index (κ3) is 1.99. The van der Waals surface area contributed by atoms with Gasteiger partial charge in [0.2, 0.25) is 0 Å². The molecule has 5 heteroatoms. The minimum absolute atomic E-state index is 0.175. The predicted octanol–water partition coefficient (Wildman–Crippen LogP) is -0.0792. The van der Waals surface area contributed by atoms with Crippen LogP contribution in [0.15, 0.2) is 17.1 Å². The molecule has 0 bridgehead atoms. The van der Waals surface area contributed by atoms with Crippen LogP contribution in [0.25, 0.3) is 0 Å². The number of carbonyl (C=O) groups is 1. The van der Waals surface area contributed by atoms with Crippen molar-refractivity contribution in [2.24, 2.45) is 0 Å². The van der Waals surface area contributed by atoms with Crippen LogP contribution < -0.4 is 5.56 Å². The lowest BCUT2D eigenvalue weighted by atomic mass is 10.0. The minimum atomic E-state index is -0.994. The Morgan fingerprint density at radius 2 is 2.31 bits per heavy atom. The van der Waals surface area contributed by atoms with Gasteiger partial charge in [0.15, 0.2) is 0 Å². The van der Waals surface area contributed by atoms with Crippen LogP contribution >= 0.6 is 0 Å². The summed E-state index contributed by atoms with van der Waals surface area (Å²) in [6.45, 7) is 1.28. The molecule has 2 rings (SSSR count). The first kappa shape index (κ1) is 10.9. The van der Waals surface area contributed by atoms with E-state index in [9.17, 15) is 9.59 Å². The minimum Gasteiger partial charge on any atom is -0.480 e. The van der Waals surface area contributed by atoms with Gasteiger partial charge < -0.3 is 14.6 Å². The van der Waals surface area contributed by atoms with Gasteiger partial charge >= 0.3 is 5.97 Å². The van der Waals surface area contributed by atoms with Crippen LogP contribution in [-0.4, -0.2) is 34.1 Å². The molecule has 0 amide bonds. The lowest BCUT2D eigenvalue weighted by Crippen LogP contribution is -2.35. The van der Waals surface area contributed by atoms with E-state index in [4.69, 9.17) is 5.11 Å². The first-order valence-electron chi connectivity index (χ1n) is 5.19. The molecule has 0 atom stereocenters. The highest BCUT2D eigenvalue weighted by atomic mass is 16.4. The van der Waals surface area contributed by atoms with Gasteiger partial charge in [0.05, 0.1) is 0 Å². The lowest BCUT2D eigenvalue weighted by Gasteiger charge is -2.24. The summed E-state index contributed by atoms with van der Waals surface area (Å²) in [5.74, 6) is -0.994. The molecule has 0 saturated carbocycles. The second-order valence-electron chi connectivity index (χ2n) is 4.13. The highest BCUT2D eigenvalue weighted by Gasteiger charge is 2.17. The summed E-state index contributed by atoms with van der Waals surface area (Å²) in [4.78, 5) is 24.6. The first-order chi connectivity index (χ1) is 7.58.